The van der Waals surface area contributed by atoms with Crippen molar-refractivity contribution in [2.75, 3.05) is 11.9 Å². The van der Waals surface area contributed by atoms with Gasteiger partial charge < -0.3 is 10.2 Å². The molecule has 1 atom stereocenters. The first-order valence-electron chi connectivity index (χ1n) is 8.80. The molecule has 28 heavy (non-hydrogen) atoms. The van der Waals surface area contributed by atoms with Crippen molar-refractivity contribution < 1.29 is 22.8 Å². The SMILES string of the molecule is O=C(Nc1ccc(Br)cc1)C(=O)N1CCCCC1c1cccc(C(F)(F)F)c1. The molecule has 0 saturated carbocycles. The number of piperidine rings is 1. The summed E-state index contributed by atoms with van der Waals surface area (Å²) in [4.78, 5) is 26.5. The zero-order chi connectivity index (χ0) is 20.3. The van der Waals surface area contributed by atoms with E-state index in [0.29, 0.717) is 30.6 Å². The van der Waals surface area contributed by atoms with Crippen molar-refractivity contribution in [1.29, 1.82) is 0 Å². The summed E-state index contributed by atoms with van der Waals surface area (Å²) >= 11 is 3.29. The molecule has 0 spiro atoms. The molecule has 1 heterocycles. The number of nitrogens with one attached hydrogen (secondary N) is 1. The molecule has 3 rings (SSSR count). The van der Waals surface area contributed by atoms with Crippen LogP contribution in [0.15, 0.2) is 53.0 Å². The highest BCUT2D eigenvalue weighted by Gasteiger charge is 2.34. The Morgan fingerprint density at radius 1 is 1.07 bits per heavy atom. The van der Waals surface area contributed by atoms with Crippen LogP contribution in [0.2, 0.25) is 0 Å². The van der Waals surface area contributed by atoms with E-state index in [1.807, 2.05) is 0 Å². The summed E-state index contributed by atoms with van der Waals surface area (Å²) in [5.74, 6) is -1.55. The molecule has 1 saturated heterocycles. The fourth-order valence-electron chi connectivity index (χ4n) is 3.29. The summed E-state index contributed by atoms with van der Waals surface area (Å²) in [6.07, 6.45) is -2.47. The summed E-state index contributed by atoms with van der Waals surface area (Å²) in [5.41, 5.74) is 0.0933. The molecular weight excluding hydrogens is 437 g/mol. The number of carbonyl (C=O) groups is 2. The quantitative estimate of drug-likeness (QED) is 0.637. The fraction of sp³-hybridized carbons (Fsp3) is 0.300. The number of likely N-dealkylation sites (tertiary alicyclic amines) is 1. The van der Waals surface area contributed by atoms with E-state index < -0.39 is 29.6 Å². The molecule has 148 valence electrons. The number of hydrogen-bond acceptors (Lipinski definition) is 2. The van der Waals surface area contributed by atoms with E-state index in [-0.39, 0.29) is 0 Å². The molecule has 1 fully saturated rings. The van der Waals surface area contributed by atoms with Crippen molar-refractivity contribution in [3.05, 3.63) is 64.1 Å². The van der Waals surface area contributed by atoms with Crippen LogP contribution < -0.4 is 5.32 Å². The number of nitrogens with zero attached hydrogens (tertiary/aromatic N) is 1. The van der Waals surface area contributed by atoms with Gasteiger partial charge in [-0.3, -0.25) is 9.59 Å². The summed E-state index contributed by atoms with van der Waals surface area (Å²) < 4.78 is 40.0. The van der Waals surface area contributed by atoms with Gasteiger partial charge in [-0.2, -0.15) is 13.2 Å². The second-order valence-corrected chi connectivity index (χ2v) is 7.51. The monoisotopic (exact) mass is 454 g/mol. The zero-order valence-corrected chi connectivity index (χ0v) is 16.4. The standard InChI is InChI=1S/C20H18BrF3N2O2/c21-15-7-9-16(10-8-15)25-18(27)19(28)26-11-2-1-6-17(26)13-4-3-5-14(12-13)20(22,23)24/h3-5,7-10,12,17H,1-2,6,11H2,(H,25,27). The van der Waals surface area contributed by atoms with Crippen molar-refractivity contribution in [2.24, 2.45) is 0 Å². The highest BCUT2D eigenvalue weighted by Crippen LogP contribution is 2.35. The average molecular weight is 455 g/mol. The van der Waals surface area contributed by atoms with Gasteiger partial charge in [-0.15, -0.1) is 0 Å². The predicted molar refractivity (Wildman–Crippen MR) is 103 cm³/mol. The summed E-state index contributed by atoms with van der Waals surface area (Å²) in [5, 5.41) is 2.54. The Labute approximate surface area is 168 Å². The maximum atomic E-state index is 13.0. The largest absolute Gasteiger partial charge is 0.416 e. The number of rotatable bonds is 2. The van der Waals surface area contributed by atoms with E-state index in [4.69, 9.17) is 0 Å². The van der Waals surface area contributed by atoms with Gasteiger partial charge >= 0.3 is 18.0 Å². The summed E-state index contributed by atoms with van der Waals surface area (Å²) in [6, 6.07) is 11.2. The molecule has 0 aliphatic carbocycles. The van der Waals surface area contributed by atoms with Gasteiger partial charge in [0, 0.05) is 16.7 Å². The molecule has 2 aromatic rings. The molecule has 0 radical (unpaired) electrons. The lowest BCUT2D eigenvalue weighted by molar-refractivity contribution is -0.145. The number of alkyl halides is 3. The van der Waals surface area contributed by atoms with E-state index in [9.17, 15) is 22.8 Å². The molecule has 8 heteroatoms. The Morgan fingerprint density at radius 2 is 1.79 bits per heavy atom. The van der Waals surface area contributed by atoms with Gasteiger partial charge in [0.1, 0.15) is 0 Å². The van der Waals surface area contributed by atoms with Gasteiger partial charge in [-0.25, -0.2) is 0 Å². The predicted octanol–water partition coefficient (Wildman–Crippen LogP) is 5.16. The van der Waals surface area contributed by atoms with Crippen LogP contribution in [0.4, 0.5) is 18.9 Å². The second-order valence-electron chi connectivity index (χ2n) is 6.59. The third-order valence-corrected chi connectivity index (χ3v) is 5.19. The van der Waals surface area contributed by atoms with Crippen LogP contribution in [0.3, 0.4) is 0 Å². The molecule has 0 aromatic heterocycles. The minimum Gasteiger partial charge on any atom is -0.327 e. The van der Waals surface area contributed by atoms with E-state index in [0.717, 1.165) is 23.0 Å². The molecule has 2 amide bonds. The molecule has 1 aliphatic heterocycles. The Morgan fingerprint density at radius 3 is 2.46 bits per heavy atom. The molecule has 4 nitrogen and oxygen atoms in total. The lowest BCUT2D eigenvalue weighted by atomic mass is 9.94. The number of carbonyl (C=O) groups excluding carboxylic acids is 2. The third-order valence-electron chi connectivity index (χ3n) is 4.66. The van der Waals surface area contributed by atoms with Crippen LogP contribution in [-0.2, 0) is 15.8 Å². The van der Waals surface area contributed by atoms with E-state index in [2.05, 4.69) is 21.2 Å². The molecule has 1 unspecified atom stereocenters. The Hall–Kier alpha value is -2.35. The smallest absolute Gasteiger partial charge is 0.327 e. The normalized spacial score (nSPS) is 17.3. The van der Waals surface area contributed by atoms with Crippen molar-refractivity contribution in [1.82, 2.24) is 4.90 Å². The topological polar surface area (TPSA) is 49.4 Å². The Bertz CT molecular complexity index is 868. The van der Waals surface area contributed by atoms with Gasteiger partial charge in [0.2, 0.25) is 0 Å². The van der Waals surface area contributed by atoms with Gasteiger partial charge in [-0.1, -0.05) is 28.1 Å². The van der Waals surface area contributed by atoms with E-state index >= 15 is 0 Å². The number of halogens is 4. The van der Waals surface area contributed by atoms with Gasteiger partial charge in [0.15, 0.2) is 0 Å². The van der Waals surface area contributed by atoms with Crippen LogP contribution in [0, 0.1) is 0 Å². The maximum Gasteiger partial charge on any atom is 0.416 e. The fourth-order valence-corrected chi connectivity index (χ4v) is 3.56. The van der Waals surface area contributed by atoms with Crippen LogP contribution >= 0.6 is 15.9 Å². The number of hydrogen-bond donors (Lipinski definition) is 1. The minimum absolute atomic E-state index is 0.327. The first kappa shape index (κ1) is 20.4. The molecule has 0 bridgehead atoms. The van der Waals surface area contributed by atoms with Gasteiger partial charge in [0.05, 0.1) is 11.6 Å². The lowest BCUT2D eigenvalue weighted by Crippen LogP contribution is -2.44. The summed E-state index contributed by atoms with van der Waals surface area (Å²) in [6.45, 7) is 0.327. The first-order valence-corrected chi connectivity index (χ1v) is 9.59. The van der Waals surface area contributed by atoms with Gasteiger partial charge in [-0.05, 0) is 61.2 Å². The number of benzene rings is 2. The zero-order valence-electron chi connectivity index (χ0n) is 14.8. The molecule has 1 N–H and O–H groups in total. The van der Waals surface area contributed by atoms with E-state index in [1.165, 1.54) is 11.0 Å². The molecule has 1 aliphatic rings. The van der Waals surface area contributed by atoms with Crippen molar-refractivity contribution in [3.8, 4) is 0 Å². The van der Waals surface area contributed by atoms with Crippen molar-refractivity contribution in [3.63, 3.8) is 0 Å². The highest BCUT2D eigenvalue weighted by atomic mass is 79.9. The number of amides is 2. The average Bonchev–Trinajstić information content (AvgIpc) is 2.68. The molecular formula is C20H18BrF3N2O2. The van der Waals surface area contributed by atoms with Crippen LogP contribution in [0.25, 0.3) is 0 Å². The minimum atomic E-state index is -4.46. The number of anilines is 1. The summed E-state index contributed by atoms with van der Waals surface area (Å²) in [7, 11) is 0. The lowest BCUT2D eigenvalue weighted by Gasteiger charge is -2.35. The van der Waals surface area contributed by atoms with Crippen LogP contribution in [-0.4, -0.2) is 23.3 Å². The van der Waals surface area contributed by atoms with E-state index in [1.54, 1.807) is 30.3 Å². The van der Waals surface area contributed by atoms with Crippen LogP contribution in [0.1, 0.15) is 36.4 Å². The second kappa shape index (κ2) is 8.34. The Balaban J connectivity index is 1.80. The van der Waals surface area contributed by atoms with Gasteiger partial charge in [0.25, 0.3) is 0 Å². The van der Waals surface area contributed by atoms with Crippen LogP contribution in [0.5, 0.6) is 0 Å². The highest BCUT2D eigenvalue weighted by molar-refractivity contribution is 9.10. The molecule has 2 aromatic carbocycles. The Kier molecular flexibility index (Phi) is 6.07. The van der Waals surface area contributed by atoms with Crippen molar-refractivity contribution >= 4 is 33.4 Å². The first-order chi connectivity index (χ1) is 13.3. The van der Waals surface area contributed by atoms with Crippen molar-refractivity contribution in [2.45, 2.75) is 31.5 Å². The maximum absolute atomic E-state index is 13.0. The third kappa shape index (κ3) is 4.73.